The second-order valence-electron chi connectivity index (χ2n) is 5.51. The molecule has 0 aromatic heterocycles. The third kappa shape index (κ3) is 3.05. The van der Waals surface area contributed by atoms with Crippen molar-refractivity contribution in [3.05, 3.63) is 28.7 Å². The van der Waals surface area contributed by atoms with Crippen LogP contribution >= 0.6 is 15.9 Å². The van der Waals surface area contributed by atoms with Crippen molar-refractivity contribution < 1.29 is 5.11 Å². The van der Waals surface area contributed by atoms with Crippen LogP contribution in [0.1, 0.15) is 20.3 Å². The number of piperazine rings is 1. The lowest BCUT2D eigenvalue weighted by molar-refractivity contribution is 0.241. The van der Waals surface area contributed by atoms with E-state index in [1.807, 2.05) is 6.07 Å². The SMILES string of the molecule is CC1(C)CN(c2ccccc2Br)C(CCO)CN1. The van der Waals surface area contributed by atoms with E-state index in [2.05, 4.69) is 58.2 Å². The molecule has 1 aliphatic rings. The first-order chi connectivity index (χ1) is 8.53. The maximum atomic E-state index is 9.22. The monoisotopic (exact) mass is 312 g/mol. The van der Waals surface area contributed by atoms with Crippen LogP contribution in [0.15, 0.2) is 28.7 Å². The molecule has 0 amide bonds. The van der Waals surface area contributed by atoms with Gasteiger partial charge in [0.15, 0.2) is 0 Å². The summed E-state index contributed by atoms with van der Waals surface area (Å²) in [6.07, 6.45) is 0.796. The summed E-state index contributed by atoms with van der Waals surface area (Å²) in [6.45, 7) is 6.51. The van der Waals surface area contributed by atoms with Crippen molar-refractivity contribution in [2.75, 3.05) is 24.6 Å². The highest BCUT2D eigenvalue weighted by molar-refractivity contribution is 9.10. The predicted molar refractivity (Wildman–Crippen MR) is 79.1 cm³/mol. The fourth-order valence-electron chi connectivity index (χ4n) is 2.49. The second kappa shape index (κ2) is 5.59. The molecule has 1 saturated heterocycles. The van der Waals surface area contributed by atoms with Gasteiger partial charge in [0, 0.05) is 35.7 Å². The quantitative estimate of drug-likeness (QED) is 0.899. The number of nitrogens with zero attached hydrogens (tertiary/aromatic N) is 1. The zero-order valence-corrected chi connectivity index (χ0v) is 12.6. The molecule has 1 unspecified atom stereocenters. The Morgan fingerprint density at radius 2 is 2.17 bits per heavy atom. The average molecular weight is 313 g/mol. The Morgan fingerprint density at radius 1 is 1.44 bits per heavy atom. The zero-order chi connectivity index (χ0) is 13.2. The van der Waals surface area contributed by atoms with Crippen LogP contribution in [-0.4, -0.2) is 36.4 Å². The molecule has 0 spiro atoms. The second-order valence-corrected chi connectivity index (χ2v) is 6.36. The lowest BCUT2D eigenvalue weighted by Crippen LogP contribution is -2.62. The van der Waals surface area contributed by atoms with E-state index < -0.39 is 0 Å². The van der Waals surface area contributed by atoms with Crippen molar-refractivity contribution in [3.63, 3.8) is 0 Å². The lowest BCUT2D eigenvalue weighted by Gasteiger charge is -2.46. The molecule has 0 bridgehead atoms. The Balaban J connectivity index is 2.27. The summed E-state index contributed by atoms with van der Waals surface area (Å²) in [5.74, 6) is 0. The average Bonchev–Trinajstić information content (AvgIpc) is 2.32. The molecule has 1 atom stereocenters. The maximum Gasteiger partial charge on any atom is 0.0514 e. The van der Waals surface area contributed by atoms with Gasteiger partial charge in [-0.15, -0.1) is 0 Å². The Kier molecular flexibility index (Phi) is 4.30. The van der Waals surface area contributed by atoms with Crippen LogP contribution in [0.5, 0.6) is 0 Å². The minimum atomic E-state index is 0.0984. The number of para-hydroxylation sites is 1. The summed E-state index contributed by atoms with van der Waals surface area (Å²) in [4.78, 5) is 2.40. The van der Waals surface area contributed by atoms with Gasteiger partial charge in [0.05, 0.1) is 5.69 Å². The number of aliphatic hydroxyl groups is 1. The molecule has 1 fully saturated rings. The van der Waals surface area contributed by atoms with Gasteiger partial charge in [-0.3, -0.25) is 0 Å². The van der Waals surface area contributed by atoms with Crippen molar-refractivity contribution in [1.29, 1.82) is 0 Å². The molecule has 0 radical (unpaired) electrons. The lowest BCUT2D eigenvalue weighted by atomic mass is 9.96. The molecule has 2 N–H and O–H groups in total. The third-order valence-corrected chi connectivity index (χ3v) is 4.12. The molecular weight excluding hydrogens is 292 g/mol. The van der Waals surface area contributed by atoms with Gasteiger partial charge in [0.25, 0.3) is 0 Å². The van der Waals surface area contributed by atoms with Crippen LogP contribution in [-0.2, 0) is 0 Å². The van der Waals surface area contributed by atoms with E-state index in [1.54, 1.807) is 0 Å². The molecule has 4 heteroatoms. The molecule has 0 saturated carbocycles. The Hall–Kier alpha value is -0.580. The molecule has 1 heterocycles. The van der Waals surface area contributed by atoms with Crippen LogP contribution in [0, 0.1) is 0 Å². The van der Waals surface area contributed by atoms with Gasteiger partial charge >= 0.3 is 0 Å². The van der Waals surface area contributed by atoms with Gasteiger partial charge in [-0.05, 0) is 48.3 Å². The van der Waals surface area contributed by atoms with Crippen LogP contribution in [0.25, 0.3) is 0 Å². The fraction of sp³-hybridized carbons (Fsp3) is 0.571. The first kappa shape index (κ1) is 13.8. The van der Waals surface area contributed by atoms with Crippen LogP contribution < -0.4 is 10.2 Å². The minimum absolute atomic E-state index is 0.0984. The summed E-state index contributed by atoms with van der Waals surface area (Å²) in [7, 11) is 0. The first-order valence-corrected chi connectivity index (χ1v) is 7.20. The van der Waals surface area contributed by atoms with E-state index >= 15 is 0 Å². The predicted octanol–water partition coefficient (Wildman–Crippen LogP) is 2.39. The molecule has 100 valence electrons. The van der Waals surface area contributed by atoms with E-state index in [0.717, 1.165) is 24.0 Å². The Labute approximate surface area is 117 Å². The molecular formula is C14H21BrN2O. The number of nitrogens with one attached hydrogen (secondary N) is 1. The molecule has 18 heavy (non-hydrogen) atoms. The summed E-state index contributed by atoms with van der Waals surface area (Å²) in [5, 5.41) is 12.8. The van der Waals surface area contributed by atoms with E-state index in [0.29, 0.717) is 6.04 Å². The topological polar surface area (TPSA) is 35.5 Å². The van der Waals surface area contributed by atoms with Crippen molar-refractivity contribution in [3.8, 4) is 0 Å². The van der Waals surface area contributed by atoms with Crippen molar-refractivity contribution in [2.45, 2.75) is 31.8 Å². The molecule has 1 aromatic carbocycles. The number of aliphatic hydroxyl groups excluding tert-OH is 1. The van der Waals surface area contributed by atoms with Crippen molar-refractivity contribution in [1.82, 2.24) is 5.32 Å². The third-order valence-electron chi connectivity index (χ3n) is 3.45. The summed E-state index contributed by atoms with van der Waals surface area (Å²) in [5.41, 5.74) is 1.31. The highest BCUT2D eigenvalue weighted by Gasteiger charge is 2.32. The highest BCUT2D eigenvalue weighted by atomic mass is 79.9. The van der Waals surface area contributed by atoms with E-state index in [9.17, 15) is 5.11 Å². The number of hydrogen-bond donors (Lipinski definition) is 2. The van der Waals surface area contributed by atoms with E-state index in [1.165, 1.54) is 5.69 Å². The van der Waals surface area contributed by atoms with Gasteiger partial charge in [0.2, 0.25) is 0 Å². The Morgan fingerprint density at radius 3 is 2.83 bits per heavy atom. The van der Waals surface area contributed by atoms with Crippen molar-refractivity contribution in [2.24, 2.45) is 0 Å². The summed E-state index contributed by atoms with van der Waals surface area (Å²) < 4.78 is 1.12. The number of rotatable bonds is 3. The smallest absolute Gasteiger partial charge is 0.0514 e. The van der Waals surface area contributed by atoms with Crippen LogP contribution in [0.2, 0.25) is 0 Å². The standard InChI is InChI=1S/C14H21BrN2O/c1-14(2)10-17(11(7-8-18)9-16-14)13-6-4-3-5-12(13)15/h3-6,11,16,18H,7-10H2,1-2H3. The summed E-state index contributed by atoms with van der Waals surface area (Å²) in [6, 6.07) is 8.64. The van der Waals surface area contributed by atoms with Gasteiger partial charge in [-0.2, -0.15) is 0 Å². The normalized spacial score (nSPS) is 23.1. The fourth-order valence-corrected chi connectivity index (χ4v) is 3.00. The van der Waals surface area contributed by atoms with E-state index in [-0.39, 0.29) is 12.1 Å². The number of benzene rings is 1. The molecule has 2 rings (SSSR count). The molecule has 0 aliphatic carbocycles. The highest BCUT2D eigenvalue weighted by Crippen LogP contribution is 2.31. The number of hydrogen-bond acceptors (Lipinski definition) is 3. The van der Waals surface area contributed by atoms with Crippen LogP contribution in [0.3, 0.4) is 0 Å². The number of anilines is 1. The largest absolute Gasteiger partial charge is 0.396 e. The Bertz CT molecular complexity index is 409. The molecule has 3 nitrogen and oxygen atoms in total. The van der Waals surface area contributed by atoms with Gasteiger partial charge < -0.3 is 15.3 Å². The van der Waals surface area contributed by atoms with E-state index in [4.69, 9.17) is 0 Å². The van der Waals surface area contributed by atoms with Crippen LogP contribution in [0.4, 0.5) is 5.69 Å². The maximum absolute atomic E-state index is 9.22. The van der Waals surface area contributed by atoms with Gasteiger partial charge in [-0.1, -0.05) is 12.1 Å². The van der Waals surface area contributed by atoms with Crippen molar-refractivity contribution >= 4 is 21.6 Å². The first-order valence-electron chi connectivity index (χ1n) is 6.40. The zero-order valence-electron chi connectivity index (χ0n) is 11.0. The van der Waals surface area contributed by atoms with Gasteiger partial charge in [0.1, 0.15) is 0 Å². The minimum Gasteiger partial charge on any atom is -0.396 e. The number of halogens is 1. The molecule has 1 aliphatic heterocycles. The van der Waals surface area contributed by atoms with Gasteiger partial charge in [-0.25, -0.2) is 0 Å². The molecule has 1 aromatic rings. The summed E-state index contributed by atoms with van der Waals surface area (Å²) >= 11 is 3.62.